The number of likely N-dealkylation sites (tertiary alicyclic amines) is 1. The molecular weight excluding hydrogens is 493 g/mol. The van der Waals surface area contributed by atoms with E-state index in [0.717, 1.165) is 31.3 Å². The van der Waals surface area contributed by atoms with Gasteiger partial charge < -0.3 is 25.2 Å². The highest BCUT2D eigenvalue weighted by Gasteiger charge is 2.65. The number of alkyl carbamates (subject to hydrolysis) is 1. The van der Waals surface area contributed by atoms with E-state index in [1.54, 1.807) is 12.2 Å². The van der Waals surface area contributed by atoms with Crippen molar-refractivity contribution >= 4 is 25.3 Å². The quantitative estimate of drug-likeness (QED) is 0.297. The van der Waals surface area contributed by atoms with E-state index >= 15 is 0 Å². The minimum absolute atomic E-state index is 0.0353. The standard InChI is InChI=1S/C27H44N3O6P/c1-7-19-17-27(19,37(34,35)16-14-18(2)3)29-23(31)21-13-10-15-30(21)24(32)22(26(4,5)6)28-25(33)36-20-11-8-9-12-20/h7,14,19-22H,1,8-13,15-17H2,2-6H3,(H,28,33)(H,29,31)(H,34,35)/t19-,21+,22-,27+/m1/s1. The second kappa shape index (κ2) is 11.3. The Kier molecular flexibility index (Phi) is 9.01. The van der Waals surface area contributed by atoms with Crippen LogP contribution in [-0.4, -0.2) is 63.9 Å². The van der Waals surface area contributed by atoms with E-state index in [1.807, 2.05) is 34.6 Å². The molecule has 1 unspecified atom stereocenters. The zero-order valence-electron chi connectivity index (χ0n) is 22.9. The molecule has 0 aromatic carbocycles. The topological polar surface area (TPSA) is 125 Å². The SMILES string of the molecule is C=C[C@@H]1C[C@]1(NC(=O)[C@@H]1CCCN1C(=O)[C@@H](NC(=O)OC1CCCC1)C(C)(C)C)P(=O)(O)CC=C(C)C. The van der Waals surface area contributed by atoms with Gasteiger partial charge in [-0.3, -0.25) is 14.2 Å². The summed E-state index contributed by atoms with van der Waals surface area (Å²) in [5.74, 6) is -1.10. The van der Waals surface area contributed by atoms with Gasteiger partial charge >= 0.3 is 6.09 Å². The molecule has 0 spiro atoms. The van der Waals surface area contributed by atoms with E-state index in [2.05, 4.69) is 17.2 Å². The molecule has 0 aromatic heterocycles. The largest absolute Gasteiger partial charge is 0.446 e. The fourth-order valence-corrected chi connectivity index (χ4v) is 7.71. The summed E-state index contributed by atoms with van der Waals surface area (Å²) < 4.78 is 18.9. The summed E-state index contributed by atoms with van der Waals surface area (Å²) in [5, 5.41) is 4.37. The maximum absolute atomic E-state index is 13.7. The van der Waals surface area contributed by atoms with Crippen molar-refractivity contribution < 1.29 is 28.6 Å². The Hall–Kier alpha value is -2.12. The predicted molar refractivity (Wildman–Crippen MR) is 143 cm³/mol. The first-order valence-electron chi connectivity index (χ1n) is 13.4. The number of ether oxygens (including phenoxy) is 1. The van der Waals surface area contributed by atoms with Crippen LogP contribution in [0.5, 0.6) is 0 Å². The van der Waals surface area contributed by atoms with E-state index < -0.39 is 42.1 Å². The van der Waals surface area contributed by atoms with Crippen molar-refractivity contribution in [3.63, 3.8) is 0 Å². The molecule has 9 nitrogen and oxygen atoms in total. The van der Waals surface area contributed by atoms with Gasteiger partial charge in [-0.15, -0.1) is 6.58 Å². The van der Waals surface area contributed by atoms with Gasteiger partial charge in [0, 0.05) is 18.6 Å². The zero-order chi connectivity index (χ0) is 27.6. The summed E-state index contributed by atoms with van der Waals surface area (Å²) in [6.07, 6.45) is 7.64. The third-order valence-corrected chi connectivity index (χ3v) is 10.3. The van der Waals surface area contributed by atoms with Gasteiger partial charge in [-0.1, -0.05) is 38.5 Å². The van der Waals surface area contributed by atoms with Crippen LogP contribution in [0.15, 0.2) is 24.3 Å². The van der Waals surface area contributed by atoms with Gasteiger partial charge in [-0.2, -0.15) is 0 Å². The lowest BCUT2D eigenvalue weighted by Gasteiger charge is -2.36. The molecule has 3 amide bonds. The molecule has 1 heterocycles. The smallest absolute Gasteiger partial charge is 0.408 e. The number of nitrogens with zero attached hydrogens (tertiary/aromatic N) is 1. The lowest BCUT2D eigenvalue weighted by Crippen LogP contribution is -2.58. The first-order valence-corrected chi connectivity index (χ1v) is 15.2. The van der Waals surface area contributed by atoms with Crippen LogP contribution in [0.25, 0.3) is 0 Å². The number of allylic oxidation sites excluding steroid dienone is 2. The summed E-state index contributed by atoms with van der Waals surface area (Å²) >= 11 is 0. The van der Waals surface area contributed by atoms with Crippen LogP contribution >= 0.6 is 7.37 Å². The molecule has 1 aliphatic heterocycles. The molecule has 37 heavy (non-hydrogen) atoms. The third-order valence-electron chi connectivity index (χ3n) is 7.77. The van der Waals surface area contributed by atoms with Crippen molar-refractivity contribution in [2.75, 3.05) is 12.7 Å². The van der Waals surface area contributed by atoms with Crippen molar-refractivity contribution in [3.05, 3.63) is 24.3 Å². The summed E-state index contributed by atoms with van der Waals surface area (Å²) in [4.78, 5) is 52.2. The highest BCUT2D eigenvalue weighted by molar-refractivity contribution is 7.60. The molecule has 3 rings (SSSR count). The molecule has 1 saturated heterocycles. The van der Waals surface area contributed by atoms with Crippen LogP contribution in [0.1, 0.15) is 79.6 Å². The van der Waals surface area contributed by atoms with Gasteiger partial charge in [0.1, 0.15) is 23.5 Å². The van der Waals surface area contributed by atoms with Crippen LogP contribution in [0.3, 0.4) is 0 Å². The number of carbonyl (C=O) groups excluding carboxylic acids is 3. The van der Waals surface area contributed by atoms with Crippen molar-refractivity contribution in [1.29, 1.82) is 0 Å². The maximum atomic E-state index is 13.7. The van der Waals surface area contributed by atoms with Crippen molar-refractivity contribution in [3.8, 4) is 0 Å². The van der Waals surface area contributed by atoms with E-state index in [9.17, 15) is 23.8 Å². The van der Waals surface area contributed by atoms with E-state index in [-0.39, 0.29) is 24.1 Å². The Morgan fingerprint density at radius 1 is 1.19 bits per heavy atom. The second-order valence-electron chi connectivity index (χ2n) is 12.1. The molecule has 0 radical (unpaired) electrons. The summed E-state index contributed by atoms with van der Waals surface area (Å²) in [6, 6.07) is -1.66. The zero-order valence-corrected chi connectivity index (χ0v) is 23.8. The average molecular weight is 538 g/mol. The van der Waals surface area contributed by atoms with Crippen LogP contribution in [0.4, 0.5) is 4.79 Å². The van der Waals surface area contributed by atoms with Crippen molar-refractivity contribution in [2.24, 2.45) is 11.3 Å². The average Bonchev–Trinajstić information content (AvgIpc) is 3.15. The summed E-state index contributed by atoms with van der Waals surface area (Å²) in [7, 11) is -3.78. The Bertz CT molecular complexity index is 979. The van der Waals surface area contributed by atoms with Crippen LogP contribution in [0.2, 0.25) is 0 Å². The number of hydrogen-bond donors (Lipinski definition) is 3. The molecule has 0 bridgehead atoms. The molecule has 0 aromatic rings. The minimum atomic E-state index is -3.78. The minimum Gasteiger partial charge on any atom is -0.446 e. The molecule has 2 saturated carbocycles. The lowest BCUT2D eigenvalue weighted by atomic mass is 9.85. The second-order valence-corrected chi connectivity index (χ2v) is 14.6. The number of rotatable bonds is 9. The molecular formula is C27H44N3O6P. The van der Waals surface area contributed by atoms with E-state index in [4.69, 9.17) is 4.74 Å². The van der Waals surface area contributed by atoms with Crippen LogP contribution in [-0.2, 0) is 18.9 Å². The first kappa shape index (κ1) is 29.4. The van der Waals surface area contributed by atoms with Crippen molar-refractivity contribution in [1.82, 2.24) is 15.5 Å². The van der Waals surface area contributed by atoms with E-state index in [0.29, 0.717) is 25.8 Å². The van der Waals surface area contributed by atoms with Crippen LogP contribution in [0, 0.1) is 11.3 Å². The molecule has 3 fully saturated rings. The van der Waals surface area contributed by atoms with Gasteiger partial charge in [0.15, 0.2) is 0 Å². The van der Waals surface area contributed by atoms with Gasteiger partial charge in [0.05, 0.1) is 0 Å². The normalized spacial score (nSPS) is 28.1. The number of hydrogen-bond acceptors (Lipinski definition) is 5. The Morgan fingerprint density at radius 3 is 2.38 bits per heavy atom. The molecule has 208 valence electrons. The highest BCUT2D eigenvalue weighted by Crippen LogP contribution is 2.69. The molecule has 3 aliphatic rings. The first-order chi connectivity index (χ1) is 17.2. The lowest BCUT2D eigenvalue weighted by molar-refractivity contribution is -0.142. The highest BCUT2D eigenvalue weighted by atomic mass is 31.2. The van der Waals surface area contributed by atoms with Gasteiger partial charge in [0.25, 0.3) is 0 Å². The fourth-order valence-electron chi connectivity index (χ4n) is 5.38. The van der Waals surface area contributed by atoms with E-state index in [1.165, 1.54) is 4.90 Å². The molecule has 5 atom stereocenters. The summed E-state index contributed by atoms with van der Waals surface area (Å²) in [6.45, 7) is 13.4. The maximum Gasteiger partial charge on any atom is 0.408 e. The summed E-state index contributed by atoms with van der Waals surface area (Å²) in [5.41, 5.74) is 0.304. The monoisotopic (exact) mass is 537 g/mol. The van der Waals surface area contributed by atoms with Crippen molar-refractivity contribution in [2.45, 2.75) is 103 Å². The predicted octanol–water partition coefficient (Wildman–Crippen LogP) is 4.32. The molecule has 3 N–H and O–H groups in total. The van der Waals surface area contributed by atoms with Gasteiger partial charge in [-0.25, -0.2) is 4.79 Å². The Labute approximate surface area is 220 Å². The Morgan fingerprint density at radius 2 is 1.84 bits per heavy atom. The Balaban J connectivity index is 1.74. The van der Waals surface area contributed by atoms with Crippen LogP contribution < -0.4 is 10.6 Å². The number of nitrogens with one attached hydrogen (secondary N) is 2. The molecule has 10 heteroatoms. The van der Waals surface area contributed by atoms with Gasteiger partial charge in [0.2, 0.25) is 19.2 Å². The number of carbonyl (C=O) groups is 3. The number of amides is 3. The molecule has 2 aliphatic carbocycles. The third kappa shape index (κ3) is 6.66. The van der Waals surface area contributed by atoms with Gasteiger partial charge in [-0.05, 0) is 64.2 Å². The fraction of sp³-hybridized carbons (Fsp3) is 0.741.